The van der Waals surface area contributed by atoms with Crippen molar-refractivity contribution in [2.24, 2.45) is 5.73 Å². The van der Waals surface area contributed by atoms with E-state index in [-0.39, 0.29) is 0 Å². The van der Waals surface area contributed by atoms with Gasteiger partial charge in [0.2, 0.25) is 0 Å². The van der Waals surface area contributed by atoms with Gasteiger partial charge in [0.15, 0.2) is 0 Å². The number of phenolic OH excluding ortho intramolecular Hbond substituents is 1. The smallest absolute Gasteiger partial charge is 0.115 e. The Morgan fingerprint density at radius 3 is 2.44 bits per heavy atom. The Labute approximate surface area is 107 Å². The molecule has 2 nitrogen and oxygen atoms in total. The van der Waals surface area contributed by atoms with Crippen molar-refractivity contribution in [3.8, 4) is 16.9 Å². The maximum Gasteiger partial charge on any atom is 0.115 e. The summed E-state index contributed by atoms with van der Waals surface area (Å²) in [4.78, 5) is 0. The standard InChI is InChI=1S/C16H17NO/c1-10-2-4-12-13-5-3-11(18)9-16(13)14(6-7-17)15(12)8-10/h2-5,8-9,14,18H,6-7,17H2,1H3. The number of hydrogen-bond donors (Lipinski definition) is 2. The van der Waals surface area contributed by atoms with Crippen molar-refractivity contribution in [3.05, 3.63) is 53.1 Å². The SMILES string of the molecule is Cc1ccc2c(c1)C(CCN)c1cc(O)ccc1-2. The number of aromatic hydroxyl groups is 1. The number of fused-ring (bicyclic) bond motifs is 3. The molecule has 3 N–H and O–H groups in total. The first-order valence-corrected chi connectivity index (χ1v) is 6.34. The molecule has 2 aromatic carbocycles. The van der Waals surface area contributed by atoms with Crippen molar-refractivity contribution < 1.29 is 5.11 Å². The fourth-order valence-corrected chi connectivity index (χ4v) is 2.94. The Morgan fingerprint density at radius 2 is 1.72 bits per heavy atom. The van der Waals surface area contributed by atoms with E-state index in [0.29, 0.717) is 18.2 Å². The molecule has 0 aromatic heterocycles. The molecule has 0 saturated carbocycles. The minimum absolute atomic E-state index is 0.326. The second-order valence-corrected chi connectivity index (χ2v) is 4.99. The summed E-state index contributed by atoms with van der Waals surface area (Å²) in [6.07, 6.45) is 0.924. The normalized spacial score (nSPS) is 16.4. The second-order valence-electron chi connectivity index (χ2n) is 4.99. The van der Waals surface area contributed by atoms with Gasteiger partial charge < -0.3 is 10.8 Å². The summed E-state index contributed by atoms with van der Waals surface area (Å²) in [6, 6.07) is 12.2. The number of aryl methyl sites for hydroxylation is 1. The van der Waals surface area contributed by atoms with Crippen LogP contribution in [0, 0.1) is 6.92 Å². The summed E-state index contributed by atoms with van der Waals surface area (Å²) in [5, 5.41) is 9.68. The van der Waals surface area contributed by atoms with Gasteiger partial charge in [-0.3, -0.25) is 0 Å². The van der Waals surface area contributed by atoms with Crippen molar-refractivity contribution >= 4 is 0 Å². The van der Waals surface area contributed by atoms with Crippen molar-refractivity contribution in [1.82, 2.24) is 0 Å². The third-order valence-corrected chi connectivity index (χ3v) is 3.74. The summed E-state index contributed by atoms with van der Waals surface area (Å²) < 4.78 is 0. The Morgan fingerprint density at radius 1 is 1.06 bits per heavy atom. The quantitative estimate of drug-likeness (QED) is 0.845. The second kappa shape index (κ2) is 4.14. The first kappa shape index (κ1) is 11.3. The molecular formula is C16H17NO. The third-order valence-electron chi connectivity index (χ3n) is 3.74. The van der Waals surface area contributed by atoms with E-state index >= 15 is 0 Å². The number of phenols is 1. The van der Waals surface area contributed by atoms with Crippen LogP contribution in [0.1, 0.15) is 29.0 Å². The van der Waals surface area contributed by atoms with Crippen LogP contribution in [0.3, 0.4) is 0 Å². The molecule has 92 valence electrons. The highest BCUT2D eigenvalue weighted by Gasteiger charge is 2.28. The average Bonchev–Trinajstić information content (AvgIpc) is 2.63. The van der Waals surface area contributed by atoms with Crippen LogP contribution >= 0.6 is 0 Å². The van der Waals surface area contributed by atoms with Crippen molar-refractivity contribution in [2.75, 3.05) is 6.54 Å². The lowest BCUT2D eigenvalue weighted by atomic mass is 9.93. The summed E-state index contributed by atoms with van der Waals surface area (Å²) in [5.74, 6) is 0.660. The van der Waals surface area contributed by atoms with E-state index in [1.54, 1.807) is 6.07 Å². The van der Waals surface area contributed by atoms with E-state index in [1.807, 2.05) is 12.1 Å². The monoisotopic (exact) mass is 239 g/mol. The van der Waals surface area contributed by atoms with Crippen LogP contribution in [-0.2, 0) is 0 Å². The number of benzene rings is 2. The zero-order chi connectivity index (χ0) is 12.7. The number of hydrogen-bond acceptors (Lipinski definition) is 2. The van der Waals surface area contributed by atoms with Crippen LogP contribution in [0.5, 0.6) is 5.75 Å². The molecule has 0 saturated heterocycles. The highest BCUT2D eigenvalue weighted by atomic mass is 16.3. The van der Waals surface area contributed by atoms with Gasteiger partial charge in [0.25, 0.3) is 0 Å². The van der Waals surface area contributed by atoms with Gasteiger partial charge in [-0.25, -0.2) is 0 Å². The molecule has 0 aliphatic heterocycles. The molecule has 2 aromatic rings. The Bertz CT molecular complexity index is 553. The molecule has 1 unspecified atom stereocenters. The molecule has 1 atom stereocenters. The predicted octanol–water partition coefficient (Wildman–Crippen LogP) is 3.16. The molecular weight excluding hydrogens is 222 g/mol. The Hall–Kier alpha value is -1.80. The van der Waals surface area contributed by atoms with Gasteiger partial charge in [0.05, 0.1) is 0 Å². The highest BCUT2D eigenvalue weighted by Crippen LogP contribution is 2.47. The topological polar surface area (TPSA) is 46.2 Å². The first-order valence-electron chi connectivity index (χ1n) is 6.34. The summed E-state index contributed by atoms with van der Waals surface area (Å²) in [7, 11) is 0. The molecule has 0 amide bonds. The molecule has 18 heavy (non-hydrogen) atoms. The van der Waals surface area contributed by atoms with E-state index in [2.05, 4.69) is 25.1 Å². The van der Waals surface area contributed by atoms with E-state index in [1.165, 1.54) is 27.8 Å². The molecule has 0 radical (unpaired) electrons. The molecule has 3 rings (SSSR count). The third kappa shape index (κ3) is 1.61. The Kier molecular flexibility index (Phi) is 2.60. The van der Waals surface area contributed by atoms with E-state index in [9.17, 15) is 5.11 Å². The number of nitrogens with two attached hydrogens (primary N) is 1. The van der Waals surface area contributed by atoms with Crippen molar-refractivity contribution in [1.29, 1.82) is 0 Å². The maximum absolute atomic E-state index is 9.68. The van der Waals surface area contributed by atoms with E-state index in [4.69, 9.17) is 5.73 Å². The van der Waals surface area contributed by atoms with Crippen LogP contribution in [0.2, 0.25) is 0 Å². The fraction of sp³-hybridized carbons (Fsp3) is 0.250. The van der Waals surface area contributed by atoms with Crippen LogP contribution in [0.15, 0.2) is 36.4 Å². The summed E-state index contributed by atoms with van der Waals surface area (Å²) in [6.45, 7) is 2.77. The van der Waals surface area contributed by atoms with E-state index < -0.39 is 0 Å². The lowest BCUT2D eigenvalue weighted by molar-refractivity contribution is 0.474. The minimum atomic E-state index is 0.326. The van der Waals surface area contributed by atoms with Crippen LogP contribution in [0.4, 0.5) is 0 Å². The van der Waals surface area contributed by atoms with Gasteiger partial charge in [-0.2, -0.15) is 0 Å². The van der Waals surface area contributed by atoms with Gasteiger partial charge in [0, 0.05) is 5.92 Å². The molecule has 1 aliphatic carbocycles. The molecule has 2 heteroatoms. The van der Waals surface area contributed by atoms with E-state index in [0.717, 1.165) is 6.42 Å². The zero-order valence-corrected chi connectivity index (χ0v) is 10.5. The Balaban J connectivity index is 2.22. The molecule has 0 bridgehead atoms. The predicted molar refractivity (Wildman–Crippen MR) is 73.8 cm³/mol. The van der Waals surface area contributed by atoms with Crippen LogP contribution in [-0.4, -0.2) is 11.7 Å². The van der Waals surface area contributed by atoms with Crippen molar-refractivity contribution in [3.63, 3.8) is 0 Å². The lowest BCUT2D eigenvalue weighted by Crippen LogP contribution is -2.06. The fourth-order valence-electron chi connectivity index (χ4n) is 2.94. The van der Waals surface area contributed by atoms with Crippen LogP contribution in [0.25, 0.3) is 11.1 Å². The summed E-state index contributed by atoms with van der Waals surface area (Å²) in [5.41, 5.74) is 12.1. The first-order chi connectivity index (χ1) is 8.70. The van der Waals surface area contributed by atoms with Gasteiger partial charge >= 0.3 is 0 Å². The average molecular weight is 239 g/mol. The van der Waals surface area contributed by atoms with Gasteiger partial charge in [-0.1, -0.05) is 29.8 Å². The van der Waals surface area contributed by atoms with Gasteiger partial charge in [-0.05, 0) is 54.3 Å². The van der Waals surface area contributed by atoms with Gasteiger partial charge in [-0.15, -0.1) is 0 Å². The maximum atomic E-state index is 9.68. The van der Waals surface area contributed by atoms with Crippen molar-refractivity contribution in [2.45, 2.75) is 19.3 Å². The highest BCUT2D eigenvalue weighted by molar-refractivity contribution is 5.79. The zero-order valence-electron chi connectivity index (χ0n) is 10.5. The molecule has 0 heterocycles. The van der Waals surface area contributed by atoms with Crippen LogP contribution < -0.4 is 5.73 Å². The minimum Gasteiger partial charge on any atom is -0.508 e. The molecule has 1 aliphatic rings. The number of rotatable bonds is 2. The summed E-state index contributed by atoms with van der Waals surface area (Å²) >= 11 is 0. The molecule has 0 fully saturated rings. The largest absolute Gasteiger partial charge is 0.508 e. The molecule has 0 spiro atoms. The van der Waals surface area contributed by atoms with Gasteiger partial charge in [0.1, 0.15) is 5.75 Å². The lowest BCUT2D eigenvalue weighted by Gasteiger charge is -2.12.